The maximum absolute atomic E-state index is 11.2. The molecule has 0 aliphatic carbocycles. The van der Waals surface area contributed by atoms with Crippen LogP contribution in [0.4, 0.5) is 5.69 Å². The van der Waals surface area contributed by atoms with Gasteiger partial charge >= 0.3 is 0 Å². The summed E-state index contributed by atoms with van der Waals surface area (Å²) < 4.78 is 5.65. The molecule has 2 aromatic rings. The number of nitrogens with one attached hydrogen (secondary N) is 1. The highest BCUT2D eigenvalue weighted by atomic mass is 35.5. The van der Waals surface area contributed by atoms with Gasteiger partial charge in [0.2, 0.25) is 5.91 Å². The van der Waals surface area contributed by atoms with Gasteiger partial charge < -0.3 is 15.8 Å². The molecule has 3 N–H and O–H groups in total. The van der Waals surface area contributed by atoms with Crippen molar-refractivity contribution in [1.29, 1.82) is 0 Å². The first-order chi connectivity index (χ1) is 9.19. The van der Waals surface area contributed by atoms with Crippen LogP contribution in [-0.2, 0) is 4.79 Å². The average Bonchev–Trinajstić information content (AvgIpc) is 2.42. The van der Waals surface area contributed by atoms with Crippen LogP contribution < -0.4 is 15.8 Å². The molecule has 0 saturated carbocycles. The number of rotatable bonds is 4. The Morgan fingerprint density at radius 1 is 1.21 bits per heavy atom. The van der Waals surface area contributed by atoms with Gasteiger partial charge in [0.15, 0.2) is 0 Å². The molecule has 98 valence electrons. The minimum atomic E-state index is -0.255. The number of halogens is 1. The van der Waals surface area contributed by atoms with Gasteiger partial charge in [-0.3, -0.25) is 4.79 Å². The molecule has 1 amide bonds. The molecule has 5 heteroatoms. The summed E-state index contributed by atoms with van der Waals surface area (Å²) >= 11 is 6.01. The first-order valence-corrected chi connectivity index (χ1v) is 6.09. The molecular formula is C14H13ClN2O2. The van der Waals surface area contributed by atoms with Crippen molar-refractivity contribution in [3.63, 3.8) is 0 Å². The molecule has 0 heterocycles. The van der Waals surface area contributed by atoms with Gasteiger partial charge in [0.25, 0.3) is 0 Å². The monoisotopic (exact) mass is 276 g/mol. The fourth-order valence-corrected chi connectivity index (χ4v) is 1.68. The number of para-hydroxylation sites is 1. The Bertz CT molecular complexity index is 587. The highest BCUT2D eigenvalue weighted by Gasteiger charge is 2.04. The summed E-state index contributed by atoms with van der Waals surface area (Å²) in [5.74, 6) is 0.893. The molecule has 4 nitrogen and oxygen atoms in total. The summed E-state index contributed by atoms with van der Waals surface area (Å²) in [6, 6.07) is 14.2. The van der Waals surface area contributed by atoms with E-state index in [1.807, 2.05) is 12.1 Å². The van der Waals surface area contributed by atoms with Crippen LogP contribution in [0.2, 0.25) is 5.02 Å². The molecule has 0 aliphatic rings. The third kappa shape index (κ3) is 3.71. The fourth-order valence-electron chi connectivity index (χ4n) is 1.50. The first-order valence-electron chi connectivity index (χ1n) is 5.71. The topological polar surface area (TPSA) is 64.4 Å². The van der Waals surface area contributed by atoms with E-state index in [0.717, 1.165) is 0 Å². The van der Waals surface area contributed by atoms with E-state index in [-0.39, 0.29) is 12.5 Å². The molecule has 0 spiro atoms. The van der Waals surface area contributed by atoms with Crippen LogP contribution in [0.1, 0.15) is 0 Å². The van der Waals surface area contributed by atoms with Gasteiger partial charge in [0.05, 0.1) is 11.6 Å². The Kier molecular flexibility index (Phi) is 4.39. The van der Waals surface area contributed by atoms with Gasteiger partial charge in [0.1, 0.15) is 11.5 Å². The Morgan fingerprint density at radius 2 is 2.00 bits per heavy atom. The zero-order chi connectivity index (χ0) is 13.7. The number of benzene rings is 2. The number of ether oxygens (including phenoxy) is 1. The van der Waals surface area contributed by atoms with Crippen LogP contribution in [0, 0.1) is 0 Å². The van der Waals surface area contributed by atoms with E-state index in [4.69, 9.17) is 22.1 Å². The van der Waals surface area contributed by atoms with E-state index in [0.29, 0.717) is 22.2 Å². The molecule has 0 aliphatic heterocycles. The van der Waals surface area contributed by atoms with Gasteiger partial charge in [0, 0.05) is 11.8 Å². The van der Waals surface area contributed by atoms with Crippen molar-refractivity contribution >= 4 is 23.2 Å². The molecule has 0 unspecified atom stereocenters. The van der Waals surface area contributed by atoms with Crippen molar-refractivity contribution < 1.29 is 9.53 Å². The third-order valence-electron chi connectivity index (χ3n) is 2.37. The summed E-state index contributed by atoms with van der Waals surface area (Å²) in [5.41, 5.74) is 5.87. The van der Waals surface area contributed by atoms with E-state index >= 15 is 0 Å². The Labute approximate surface area is 116 Å². The summed E-state index contributed by atoms with van der Waals surface area (Å²) in [6.07, 6.45) is 0. The van der Waals surface area contributed by atoms with Gasteiger partial charge in [-0.2, -0.15) is 0 Å². The standard InChI is InChI=1S/C14H13ClN2O2/c15-12-6-1-2-7-13(12)19-11-5-3-4-10(8-11)17-14(18)9-16/h1-8H,9,16H2,(H,17,18). The molecule has 0 atom stereocenters. The molecule has 2 aromatic carbocycles. The predicted molar refractivity (Wildman–Crippen MR) is 75.7 cm³/mol. The molecule has 0 saturated heterocycles. The SMILES string of the molecule is NCC(=O)Nc1cccc(Oc2ccccc2Cl)c1. The van der Waals surface area contributed by atoms with E-state index < -0.39 is 0 Å². The van der Waals surface area contributed by atoms with Gasteiger partial charge in [-0.15, -0.1) is 0 Å². The van der Waals surface area contributed by atoms with Crippen molar-refractivity contribution in [2.45, 2.75) is 0 Å². The highest BCUT2D eigenvalue weighted by molar-refractivity contribution is 6.32. The van der Waals surface area contributed by atoms with Gasteiger partial charge in [-0.1, -0.05) is 29.8 Å². The third-order valence-corrected chi connectivity index (χ3v) is 2.68. The van der Waals surface area contributed by atoms with Crippen LogP contribution >= 0.6 is 11.6 Å². The van der Waals surface area contributed by atoms with Crippen molar-refractivity contribution in [3.05, 3.63) is 53.6 Å². The van der Waals surface area contributed by atoms with Crippen molar-refractivity contribution in [2.75, 3.05) is 11.9 Å². The number of carbonyl (C=O) groups is 1. The fraction of sp³-hybridized carbons (Fsp3) is 0.0714. The number of hydrogen-bond acceptors (Lipinski definition) is 3. The van der Waals surface area contributed by atoms with Crippen LogP contribution in [0.3, 0.4) is 0 Å². The number of nitrogens with two attached hydrogens (primary N) is 1. The second kappa shape index (κ2) is 6.22. The zero-order valence-corrected chi connectivity index (χ0v) is 10.9. The van der Waals surface area contributed by atoms with E-state index in [9.17, 15) is 4.79 Å². The van der Waals surface area contributed by atoms with E-state index in [1.54, 1.807) is 36.4 Å². The first kappa shape index (κ1) is 13.4. The van der Waals surface area contributed by atoms with Crippen molar-refractivity contribution in [1.82, 2.24) is 0 Å². The Morgan fingerprint density at radius 3 is 2.74 bits per heavy atom. The summed E-state index contributed by atoms with van der Waals surface area (Å²) in [6.45, 7) is -0.0599. The van der Waals surface area contributed by atoms with Crippen LogP contribution in [-0.4, -0.2) is 12.5 Å². The van der Waals surface area contributed by atoms with Crippen molar-refractivity contribution in [2.24, 2.45) is 5.73 Å². The average molecular weight is 277 g/mol. The Hall–Kier alpha value is -2.04. The van der Waals surface area contributed by atoms with Gasteiger partial charge in [-0.05, 0) is 24.3 Å². The largest absolute Gasteiger partial charge is 0.456 e. The summed E-state index contributed by atoms with van der Waals surface area (Å²) in [7, 11) is 0. The lowest BCUT2D eigenvalue weighted by atomic mass is 10.3. The molecule has 0 fully saturated rings. The Balaban J connectivity index is 2.15. The highest BCUT2D eigenvalue weighted by Crippen LogP contribution is 2.29. The summed E-state index contributed by atoms with van der Waals surface area (Å²) in [4.78, 5) is 11.2. The quantitative estimate of drug-likeness (QED) is 0.902. The summed E-state index contributed by atoms with van der Waals surface area (Å²) in [5, 5.41) is 3.18. The number of amides is 1. The number of hydrogen-bond donors (Lipinski definition) is 2. The second-order valence-electron chi connectivity index (χ2n) is 3.81. The second-order valence-corrected chi connectivity index (χ2v) is 4.22. The smallest absolute Gasteiger partial charge is 0.238 e. The van der Waals surface area contributed by atoms with E-state index in [2.05, 4.69) is 5.32 Å². The van der Waals surface area contributed by atoms with Crippen LogP contribution in [0.15, 0.2) is 48.5 Å². The van der Waals surface area contributed by atoms with Crippen LogP contribution in [0.5, 0.6) is 11.5 Å². The maximum Gasteiger partial charge on any atom is 0.238 e. The zero-order valence-electron chi connectivity index (χ0n) is 10.1. The van der Waals surface area contributed by atoms with Crippen LogP contribution in [0.25, 0.3) is 0 Å². The minimum absolute atomic E-state index is 0.0599. The van der Waals surface area contributed by atoms with Crippen molar-refractivity contribution in [3.8, 4) is 11.5 Å². The van der Waals surface area contributed by atoms with Gasteiger partial charge in [-0.25, -0.2) is 0 Å². The lowest BCUT2D eigenvalue weighted by molar-refractivity contribution is -0.114. The lowest BCUT2D eigenvalue weighted by Gasteiger charge is -2.09. The molecule has 2 rings (SSSR count). The maximum atomic E-state index is 11.2. The number of carbonyl (C=O) groups excluding carboxylic acids is 1. The minimum Gasteiger partial charge on any atom is -0.456 e. The molecule has 19 heavy (non-hydrogen) atoms. The van der Waals surface area contributed by atoms with E-state index in [1.165, 1.54) is 0 Å². The molecular weight excluding hydrogens is 264 g/mol. The molecule has 0 aromatic heterocycles. The molecule has 0 radical (unpaired) electrons. The predicted octanol–water partition coefficient (Wildman–Crippen LogP) is 3.03. The molecule has 0 bridgehead atoms. The lowest BCUT2D eigenvalue weighted by Crippen LogP contribution is -2.21. The number of anilines is 1. The normalized spacial score (nSPS) is 10.0.